The molecule has 6 nitrogen and oxygen atoms in total. The fourth-order valence-corrected chi connectivity index (χ4v) is 2.53. The van der Waals surface area contributed by atoms with Gasteiger partial charge in [0.25, 0.3) is 0 Å². The number of amides is 2. The van der Waals surface area contributed by atoms with Gasteiger partial charge in [0, 0.05) is 13.1 Å². The Bertz CT molecular complexity index is 491. The van der Waals surface area contributed by atoms with E-state index in [9.17, 15) is 9.59 Å². The Hall–Kier alpha value is -2.08. The van der Waals surface area contributed by atoms with Crippen molar-refractivity contribution < 1.29 is 14.0 Å². The molecule has 0 aliphatic carbocycles. The molecule has 1 fully saturated rings. The Kier molecular flexibility index (Phi) is 6.21. The van der Waals surface area contributed by atoms with Crippen LogP contribution in [0.15, 0.2) is 35.5 Å². The van der Waals surface area contributed by atoms with Crippen molar-refractivity contribution in [1.82, 2.24) is 15.5 Å². The van der Waals surface area contributed by atoms with Gasteiger partial charge < -0.3 is 15.1 Å². The van der Waals surface area contributed by atoms with E-state index < -0.39 is 11.8 Å². The zero-order valence-corrected chi connectivity index (χ0v) is 12.7. The van der Waals surface area contributed by atoms with E-state index in [2.05, 4.69) is 22.1 Å². The maximum atomic E-state index is 11.6. The predicted octanol–water partition coefficient (Wildman–Crippen LogP) is 0.910. The molecular formula is C16H23N3O3. The molecular weight excluding hydrogens is 282 g/mol. The Morgan fingerprint density at radius 1 is 1.32 bits per heavy atom. The molecule has 0 bridgehead atoms. The van der Waals surface area contributed by atoms with Crippen LogP contribution >= 0.6 is 0 Å². The van der Waals surface area contributed by atoms with Gasteiger partial charge in [-0.1, -0.05) is 6.08 Å². The number of likely N-dealkylation sites (tertiary alicyclic amines) is 1. The minimum absolute atomic E-state index is 0.303. The van der Waals surface area contributed by atoms with Crippen molar-refractivity contribution in [2.75, 3.05) is 26.2 Å². The third-order valence-electron chi connectivity index (χ3n) is 3.83. The van der Waals surface area contributed by atoms with Crippen LogP contribution in [0.2, 0.25) is 0 Å². The average Bonchev–Trinajstić information content (AvgIpc) is 3.04. The van der Waals surface area contributed by atoms with Crippen molar-refractivity contribution in [2.45, 2.75) is 19.4 Å². The molecule has 120 valence electrons. The molecule has 0 aromatic carbocycles. The van der Waals surface area contributed by atoms with E-state index in [0.29, 0.717) is 19.0 Å². The first-order valence-corrected chi connectivity index (χ1v) is 7.60. The van der Waals surface area contributed by atoms with Crippen molar-refractivity contribution in [1.29, 1.82) is 0 Å². The van der Waals surface area contributed by atoms with Crippen molar-refractivity contribution >= 4 is 11.8 Å². The maximum Gasteiger partial charge on any atom is 0.309 e. The van der Waals surface area contributed by atoms with E-state index in [4.69, 9.17) is 4.42 Å². The summed E-state index contributed by atoms with van der Waals surface area (Å²) in [6.07, 6.45) is 5.25. The van der Waals surface area contributed by atoms with E-state index in [-0.39, 0.29) is 0 Å². The van der Waals surface area contributed by atoms with Crippen LogP contribution in [0.5, 0.6) is 0 Å². The van der Waals surface area contributed by atoms with Gasteiger partial charge in [-0.3, -0.25) is 14.5 Å². The number of carbonyl (C=O) groups excluding carboxylic acids is 2. The standard InChI is InChI=1S/C16H23N3O3/c1-2-7-17-15(20)16(21)18-11-13-5-8-19(9-6-13)12-14-4-3-10-22-14/h2-4,10,13H,1,5-9,11-12H2,(H,17,20)(H,18,21). The molecule has 1 aliphatic heterocycles. The van der Waals surface area contributed by atoms with Crippen molar-refractivity contribution in [2.24, 2.45) is 5.92 Å². The number of hydrogen-bond donors (Lipinski definition) is 2. The molecule has 0 spiro atoms. The Labute approximate surface area is 130 Å². The Balaban J connectivity index is 1.64. The number of carbonyl (C=O) groups is 2. The number of nitrogens with one attached hydrogen (secondary N) is 2. The van der Waals surface area contributed by atoms with Crippen LogP contribution in [-0.2, 0) is 16.1 Å². The summed E-state index contributed by atoms with van der Waals surface area (Å²) in [5.41, 5.74) is 0. The smallest absolute Gasteiger partial charge is 0.309 e. The average molecular weight is 305 g/mol. The van der Waals surface area contributed by atoms with E-state index in [1.54, 1.807) is 12.3 Å². The van der Waals surface area contributed by atoms with Crippen LogP contribution in [-0.4, -0.2) is 42.9 Å². The van der Waals surface area contributed by atoms with Crippen LogP contribution in [0.3, 0.4) is 0 Å². The number of hydrogen-bond acceptors (Lipinski definition) is 4. The highest BCUT2D eigenvalue weighted by Crippen LogP contribution is 2.18. The van der Waals surface area contributed by atoms with Gasteiger partial charge in [0.15, 0.2) is 0 Å². The van der Waals surface area contributed by atoms with Gasteiger partial charge in [0.2, 0.25) is 0 Å². The summed E-state index contributed by atoms with van der Waals surface area (Å²) in [6, 6.07) is 3.88. The second kappa shape index (κ2) is 8.38. The summed E-state index contributed by atoms with van der Waals surface area (Å²) >= 11 is 0. The molecule has 22 heavy (non-hydrogen) atoms. The van der Waals surface area contributed by atoms with Crippen molar-refractivity contribution in [3.05, 3.63) is 36.8 Å². The number of piperidine rings is 1. The van der Waals surface area contributed by atoms with Crippen LogP contribution in [0.4, 0.5) is 0 Å². The highest BCUT2D eigenvalue weighted by Gasteiger charge is 2.21. The van der Waals surface area contributed by atoms with Crippen molar-refractivity contribution in [3.63, 3.8) is 0 Å². The van der Waals surface area contributed by atoms with Crippen LogP contribution in [0.1, 0.15) is 18.6 Å². The zero-order chi connectivity index (χ0) is 15.8. The number of rotatable bonds is 6. The summed E-state index contributed by atoms with van der Waals surface area (Å²) in [7, 11) is 0. The van der Waals surface area contributed by atoms with Gasteiger partial charge in [-0.05, 0) is 44.0 Å². The molecule has 2 N–H and O–H groups in total. The lowest BCUT2D eigenvalue weighted by Gasteiger charge is -2.31. The quantitative estimate of drug-likeness (QED) is 0.605. The molecule has 1 saturated heterocycles. The molecule has 0 radical (unpaired) electrons. The van der Waals surface area contributed by atoms with Gasteiger partial charge in [-0.2, -0.15) is 0 Å². The first-order chi connectivity index (χ1) is 10.7. The van der Waals surface area contributed by atoms with Crippen LogP contribution < -0.4 is 10.6 Å². The molecule has 2 amide bonds. The lowest BCUT2D eigenvalue weighted by molar-refractivity contribution is -0.139. The minimum Gasteiger partial charge on any atom is -0.468 e. The predicted molar refractivity (Wildman–Crippen MR) is 82.9 cm³/mol. The van der Waals surface area contributed by atoms with E-state index >= 15 is 0 Å². The molecule has 2 heterocycles. The fraction of sp³-hybridized carbons (Fsp3) is 0.500. The summed E-state index contributed by atoms with van der Waals surface area (Å²) in [5, 5.41) is 5.16. The summed E-state index contributed by atoms with van der Waals surface area (Å²) < 4.78 is 5.35. The third kappa shape index (κ3) is 5.04. The summed E-state index contributed by atoms with van der Waals surface area (Å²) in [6.45, 7) is 7.12. The van der Waals surface area contributed by atoms with E-state index in [1.807, 2.05) is 12.1 Å². The minimum atomic E-state index is -0.602. The zero-order valence-electron chi connectivity index (χ0n) is 12.7. The van der Waals surface area contributed by atoms with Gasteiger partial charge in [0.05, 0.1) is 12.8 Å². The maximum absolute atomic E-state index is 11.6. The van der Waals surface area contributed by atoms with Crippen LogP contribution in [0.25, 0.3) is 0 Å². The molecule has 1 aliphatic rings. The summed E-state index contributed by atoms with van der Waals surface area (Å²) in [4.78, 5) is 25.3. The number of furan rings is 1. The second-order valence-electron chi connectivity index (χ2n) is 5.51. The van der Waals surface area contributed by atoms with E-state index in [0.717, 1.165) is 38.2 Å². The topological polar surface area (TPSA) is 74.6 Å². The van der Waals surface area contributed by atoms with E-state index in [1.165, 1.54) is 0 Å². The van der Waals surface area contributed by atoms with Gasteiger partial charge in [0.1, 0.15) is 5.76 Å². The molecule has 0 unspecified atom stereocenters. The van der Waals surface area contributed by atoms with Gasteiger partial charge >= 0.3 is 11.8 Å². The fourth-order valence-electron chi connectivity index (χ4n) is 2.53. The first-order valence-electron chi connectivity index (χ1n) is 7.60. The lowest BCUT2D eigenvalue weighted by Crippen LogP contribution is -2.43. The monoisotopic (exact) mass is 305 g/mol. The molecule has 1 aromatic rings. The SMILES string of the molecule is C=CCNC(=O)C(=O)NCC1CCN(Cc2ccco2)CC1. The highest BCUT2D eigenvalue weighted by atomic mass is 16.3. The third-order valence-corrected chi connectivity index (χ3v) is 3.83. The Morgan fingerprint density at radius 2 is 2.05 bits per heavy atom. The molecule has 0 saturated carbocycles. The molecule has 1 aromatic heterocycles. The first kappa shape index (κ1) is 16.3. The van der Waals surface area contributed by atoms with Crippen molar-refractivity contribution in [3.8, 4) is 0 Å². The van der Waals surface area contributed by atoms with Crippen LogP contribution in [0, 0.1) is 5.92 Å². The largest absolute Gasteiger partial charge is 0.468 e. The molecule has 6 heteroatoms. The molecule has 2 rings (SSSR count). The van der Waals surface area contributed by atoms with Gasteiger partial charge in [-0.25, -0.2) is 0 Å². The molecule has 0 atom stereocenters. The number of nitrogens with zero attached hydrogens (tertiary/aromatic N) is 1. The van der Waals surface area contributed by atoms with Gasteiger partial charge in [-0.15, -0.1) is 6.58 Å². The highest BCUT2D eigenvalue weighted by molar-refractivity contribution is 6.35. The lowest BCUT2D eigenvalue weighted by atomic mass is 9.96. The Morgan fingerprint density at radius 3 is 2.68 bits per heavy atom. The summed E-state index contributed by atoms with van der Waals surface area (Å²) in [5.74, 6) is 0.227. The normalized spacial score (nSPS) is 16.2. The second-order valence-corrected chi connectivity index (χ2v) is 5.51.